The summed E-state index contributed by atoms with van der Waals surface area (Å²) in [5.74, 6) is 0.414. The molecule has 0 fully saturated rings. The molecule has 96 valence electrons. The van der Waals surface area contributed by atoms with Gasteiger partial charge in [0, 0.05) is 0 Å². The fourth-order valence-corrected chi connectivity index (χ4v) is 1.18. The van der Waals surface area contributed by atoms with Crippen molar-refractivity contribution >= 4 is 6.16 Å². The zero-order chi connectivity index (χ0) is 12.6. The highest BCUT2D eigenvalue weighted by Crippen LogP contribution is 2.19. The van der Waals surface area contributed by atoms with Crippen LogP contribution in [-0.2, 0) is 9.47 Å². The predicted octanol–water partition coefficient (Wildman–Crippen LogP) is 4.01. The lowest BCUT2D eigenvalue weighted by Gasteiger charge is -2.21. The van der Waals surface area contributed by atoms with E-state index in [1.54, 1.807) is 0 Å². The van der Waals surface area contributed by atoms with Crippen molar-refractivity contribution in [2.24, 2.45) is 11.3 Å². The third kappa shape index (κ3) is 7.55. The zero-order valence-electron chi connectivity index (χ0n) is 11.3. The predicted molar refractivity (Wildman–Crippen MR) is 65.4 cm³/mol. The van der Waals surface area contributed by atoms with Crippen LogP contribution >= 0.6 is 0 Å². The molecule has 0 saturated carbocycles. The van der Waals surface area contributed by atoms with Crippen LogP contribution < -0.4 is 0 Å². The molecule has 0 N–H and O–H groups in total. The molecule has 0 radical (unpaired) electrons. The first-order valence-electron chi connectivity index (χ1n) is 6.20. The SMILES string of the molecule is CCCC(C)COC(=O)OCC(C)(C)CC. The van der Waals surface area contributed by atoms with Gasteiger partial charge < -0.3 is 9.47 Å². The van der Waals surface area contributed by atoms with Crippen molar-refractivity contribution in [1.82, 2.24) is 0 Å². The molecule has 3 heteroatoms. The Kier molecular flexibility index (Phi) is 7.18. The number of hydrogen-bond acceptors (Lipinski definition) is 3. The van der Waals surface area contributed by atoms with Crippen molar-refractivity contribution in [3.05, 3.63) is 0 Å². The van der Waals surface area contributed by atoms with E-state index in [1.807, 2.05) is 0 Å². The van der Waals surface area contributed by atoms with Crippen LogP contribution in [0.4, 0.5) is 4.79 Å². The smallest absolute Gasteiger partial charge is 0.434 e. The molecule has 3 nitrogen and oxygen atoms in total. The summed E-state index contributed by atoms with van der Waals surface area (Å²) in [5, 5.41) is 0. The first-order chi connectivity index (χ1) is 7.41. The Morgan fingerprint density at radius 1 is 1.25 bits per heavy atom. The van der Waals surface area contributed by atoms with Crippen molar-refractivity contribution in [2.45, 2.75) is 53.9 Å². The summed E-state index contributed by atoms with van der Waals surface area (Å²) in [6, 6.07) is 0. The van der Waals surface area contributed by atoms with Crippen molar-refractivity contribution in [3.8, 4) is 0 Å². The van der Waals surface area contributed by atoms with E-state index in [0.717, 1.165) is 19.3 Å². The van der Waals surface area contributed by atoms with Gasteiger partial charge in [0.05, 0.1) is 13.2 Å². The second kappa shape index (κ2) is 7.53. The standard InChI is InChI=1S/C13H26O3/c1-6-8-11(3)9-15-12(14)16-10-13(4,5)7-2/h11H,6-10H2,1-5H3. The summed E-state index contributed by atoms with van der Waals surface area (Å²) in [5.41, 5.74) is 0.0358. The number of rotatable bonds is 7. The van der Waals surface area contributed by atoms with Crippen LogP contribution in [0, 0.1) is 11.3 Å². The van der Waals surface area contributed by atoms with Crippen LogP contribution in [-0.4, -0.2) is 19.4 Å². The average molecular weight is 230 g/mol. The van der Waals surface area contributed by atoms with Gasteiger partial charge in [-0.3, -0.25) is 0 Å². The van der Waals surface area contributed by atoms with Crippen LogP contribution in [0.3, 0.4) is 0 Å². The number of hydrogen-bond donors (Lipinski definition) is 0. The van der Waals surface area contributed by atoms with Gasteiger partial charge in [-0.1, -0.05) is 41.0 Å². The van der Waals surface area contributed by atoms with Gasteiger partial charge >= 0.3 is 6.16 Å². The lowest BCUT2D eigenvalue weighted by atomic mass is 9.92. The van der Waals surface area contributed by atoms with E-state index >= 15 is 0 Å². The monoisotopic (exact) mass is 230 g/mol. The van der Waals surface area contributed by atoms with Crippen molar-refractivity contribution < 1.29 is 14.3 Å². The molecular formula is C13H26O3. The maximum atomic E-state index is 11.3. The van der Waals surface area contributed by atoms with Crippen molar-refractivity contribution in [2.75, 3.05) is 13.2 Å². The van der Waals surface area contributed by atoms with Gasteiger partial charge in [0.2, 0.25) is 0 Å². The van der Waals surface area contributed by atoms with Crippen molar-refractivity contribution in [3.63, 3.8) is 0 Å². The molecule has 1 atom stereocenters. The molecule has 0 saturated heterocycles. The lowest BCUT2D eigenvalue weighted by molar-refractivity contribution is 0.0213. The fraction of sp³-hybridized carbons (Fsp3) is 0.923. The van der Waals surface area contributed by atoms with Gasteiger partial charge in [-0.05, 0) is 24.2 Å². The molecule has 0 amide bonds. The Hall–Kier alpha value is -0.730. The average Bonchev–Trinajstić information content (AvgIpc) is 2.24. The minimum absolute atomic E-state index is 0.0358. The lowest BCUT2D eigenvalue weighted by Crippen LogP contribution is -2.22. The Bertz CT molecular complexity index is 199. The Morgan fingerprint density at radius 3 is 2.38 bits per heavy atom. The molecule has 0 rings (SSSR count). The van der Waals surface area contributed by atoms with E-state index in [2.05, 4.69) is 34.6 Å². The molecule has 0 aromatic heterocycles. The molecule has 0 aromatic rings. The second-order valence-electron chi connectivity index (χ2n) is 5.26. The third-order valence-electron chi connectivity index (χ3n) is 2.81. The molecule has 0 heterocycles. The topological polar surface area (TPSA) is 35.5 Å². The van der Waals surface area contributed by atoms with E-state index in [1.165, 1.54) is 0 Å². The first kappa shape index (κ1) is 15.3. The molecule has 0 bridgehead atoms. The normalized spacial score (nSPS) is 13.3. The molecule has 0 aliphatic heterocycles. The minimum Gasteiger partial charge on any atom is -0.434 e. The van der Waals surface area contributed by atoms with E-state index in [9.17, 15) is 4.79 Å². The van der Waals surface area contributed by atoms with Gasteiger partial charge in [-0.25, -0.2) is 4.79 Å². The van der Waals surface area contributed by atoms with E-state index in [0.29, 0.717) is 19.1 Å². The van der Waals surface area contributed by atoms with Gasteiger partial charge in [-0.15, -0.1) is 0 Å². The molecular weight excluding hydrogens is 204 g/mol. The van der Waals surface area contributed by atoms with Gasteiger partial charge in [0.25, 0.3) is 0 Å². The molecule has 0 aliphatic carbocycles. The summed E-state index contributed by atoms with van der Waals surface area (Å²) in [6.45, 7) is 11.3. The summed E-state index contributed by atoms with van der Waals surface area (Å²) in [6.07, 6.45) is 2.63. The number of carbonyl (C=O) groups is 1. The Labute approximate surface area is 99.5 Å². The molecule has 1 unspecified atom stereocenters. The summed E-state index contributed by atoms with van der Waals surface area (Å²) >= 11 is 0. The van der Waals surface area contributed by atoms with E-state index in [4.69, 9.17) is 9.47 Å². The minimum atomic E-state index is -0.538. The zero-order valence-corrected chi connectivity index (χ0v) is 11.3. The quantitative estimate of drug-likeness (QED) is 0.620. The van der Waals surface area contributed by atoms with Gasteiger partial charge in [0.1, 0.15) is 0 Å². The molecule has 0 aliphatic rings. The van der Waals surface area contributed by atoms with Crippen LogP contribution in [0.25, 0.3) is 0 Å². The highest BCUT2D eigenvalue weighted by molar-refractivity contribution is 5.59. The van der Waals surface area contributed by atoms with Crippen LogP contribution in [0.2, 0.25) is 0 Å². The maximum absolute atomic E-state index is 11.3. The van der Waals surface area contributed by atoms with Crippen LogP contribution in [0.15, 0.2) is 0 Å². The Balaban J connectivity index is 3.67. The molecule has 0 aromatic carbocycles. The molecule has 0 spiro atoms. The first-order valence-corrected chi connectivity index (χ1v) is 6.20. The van der Waals surface area contributed by atoms with Crippen molar-refractivity contribution in [1.29, 1.82) is 0 Å². The summed E-state index contributed by atoms with van der Waals surface area (Å²) < 4.78 is 10.1. The van der Waals surface area contributed by atoms with Gasteiger partial charge in [0.15, 0.2) is 0 Å². The van der Waals surface area contributed by atoms with Crippen LogP contribution in [0.1, 0.15) is 53.9 Å². The number of ether oxygens (including phenoxy) is 2. The molecule has 16 heavy (non-hydrogen) atoms. The Morgan fingerprint density at radius 2 is 1.88 bits per heavy atom. The summed E-state index contributed by atoms with van der Waals surface area (Å²) in [4.78, 5) is 11.3. The highest BCUT2D eigenvalue weighted by Gasteiger charge is 2.18. The highest BCUT2D eigenvalue weighted by atomic mass is 16.7. The largest absolute Gasteiger partial charge is 0.508 e. The van der Waals surface area contributed by atoms with E-state index < -0.39 is 6.16 Å². The fourth-order valence-electron chi connectivity index (χ4n) is 1.18. The maximum Gasteiger partial charge on any atom is 0.508 e. The summed E-state index contributed by atoms with van der Waals surface area (Å²) in [7, 11) is 0. The number of carbonyl (C=O) groups excluding carboxylic acids is 1. The van der Waals surface area contributed by atoms with Gasteiger partial charge in [-0.2, -0.15) is 0 Å². The van der Waals surface area contributed by atoms with Crippen LogP contribution in [0.5, 0.6) is 0 Å². The second-order valence-corrected chi connectivity index (χ2v) is 5.26. The third-order valence-corrected chi connectivity index (χ3v) is 2.81. The van der Waals surface area contributed by atoms with E-state index in [-0.39, 0.29) is 5.41 Å².